The summed E-state index contributed by atoms with van der Waals surface area (Å²) in [7, 11) is 0. The molecule has 1 aromatic rings. The quantitative estimate of drug-likeness (QED) is 0.604. The van der Waals surface area contributed by atoms with Gasteiger partial charge in [-0.25, -0.2) is 0 Å². The van der Waals surface area contributed by atoms with Crippen LogP contribution in [0, 0.1) is 23.0 Å². The Bertz CT molecular complexity index is 391. The molecule has 0 aliphatic heterocycles. The lowest BCUT2D eigenvalue weighted by Gasteiger charge is -2.12. The van der Waals surface area contributed by atoms with Gasteiger partial charge < -0.3 is 5.32 Å². The van der Waals surface area contributed by atoms with E-state index in [0.29, 0.717) is 11.6 Å². The number of nitrogens with one attached hydrogen (secondary N) is 1. The summed E-state index contributed by atoms with van der Waals surface area (Å²) < 4.78 is 0. The third kappa shape index (κ3) is 4.06. The number of hydrogen-bond acceptors (Lipinski definition) is 3. The Balaban J connectivity index is 2.73. The molecule has 0 saturated heterocycles. The Morgan fingerprint density at radius 2 is 2.18 bits per heavy atom. The van der Waals surface area contributed by atoms with Crippen LogP contribution in [-0.4, -0.2) is 11.5 Å². The van der Waals surface area contributed by atoms with Gasteiger partial charge in [-0.05, 0) is 30.9 Å². The van der Waals surface area contributed by atoms with Gasteiger partial charge in [0.15, 0.2) is 0 Å². The molecule has 1 aromatic carbocycles. The normalized spacial score (nSPS) is 12.2. The Kier molecular flexibility index (Phi) is 4.94. The van der Waals surface area contributed by atoms with Crippen molar-refractivity contribution in [3.63, 3.8) is 0 Å². The van der Waals surface area contributed by atoms with Gasteiger partial charge in [0.05, 0.1) is 4.92 Å². The van der Waals surface area contributed by atoms with Gasteiger partial charge in [0.25, 0.3) is 5.69 Å². The molecule has 0 saturated carbocycles. The van der Waals surface area contributed by atoms with E-state index in [-0.39, 0.29) is 10.6 Å². The van der Waals surface area contributed by atoms with Crippen molar-refractivity contribution in [1.82, 2.24) is 0 Å². The second-order valence-electron chi connectivity index (χ2n) is 4.55. The first-order valence-corrected chi connectivity index (χ1v) is 6.03. The van der Waals surface area contributed by atoms with Crippen molar-refractivity contribution >= 4 is 11.4 Å². The van der Waals surface area contributed by atoms with Crippen molar-refractivity contribution in [3.8, 4) is 0 Å². The van der Waals surface area contributed by atoms with Crippen molar-refractivity contribution in [1.29, 1.82) is 0 Å². The Labute approximate surface area is 102 Å². The molecule has 4 heteroatoms. The molecule has 1 rings (SSSR count). The molecule has 4 nitrogen and oxygen atoms in total. The molecule has 0 aromatic heterocycles. The van der Waals surface area contributed by atoms with E-state index in [1.807, 2.05) is 13.0 Å². The molecule has 0 spiro atoms. The summed E-state index contributed by atoms with van der Waals surface area (Å²) in [4.78, 5) is 10.6. The van der Waals surface area contributed by atoms with Gasteiger partial charge in [0, 0.05) is 12.6 Å². The van der Waals surface area contributed by atoms with E-state index in [4.69, 9.17) is 0 Å². The molecule has 17 heavy (non-hydrogen) atoms. The topological polar surface area (TPSA) is 55.2 Å². The van der Waals surface area contributed by atoms with Crippen molar-refractivity contribution in [2.75, 3.05) is 11.9 Å². The predicted octanol–water partition coefficient (Wildman–Crippen LogP) is 3.75. The third-order valence-electron chi connectivity index (χ3n) is 2.77. The van der Waals surface area contributed by atoms with E-state index in [1.54, 1.807) is 12.1 Å². The highest BCUT2D eigenvalue weighted by Crippen LogP contribution is 2.25. The van der Waals surface area contributed by atoms with Crippen LogP contribution >= 0.6 is 0 Å². The molecule has 0 radical (unpaired) electrons. The number of benzene rings is 1. The molecule has 0 aliphatic carbocycles. The van der Waals surface area contributed by atoms with Gasteiger partial charge in [0.2, 0.25) is 0 Å². The van der Waals surface area contributed by atoms with Crippen molar-refractivity contribution in [2.45, 2.75) is 33.6 Å². The molecule has 1 atom stereocenters. The number of nitro benzene ring substituents is 1. The van der Waals surface area contributed by atoms with Gasteiger partial charge in [-0.3, -0.25) is 10.1 Å². The molecule has 0 fully saturated rings. The SMILES string of the molecule is CCCC(C)CNc1ccc(C)cc1[N+](=O)[O-]. The van der Waals surface area contributed by atoms with E-state index >= 15 is 0 Å². The number of rotatable bonds is 6. The second kappa shape index (κ2) is 6.23. The van der Waals surface area contributed by atoms with Gasteiger partial charge in [-0.2, -0.15) is 0 Å². The Morgan fingerprint density at radius 3 is 2.76 bits per heavy atom. The fourth-order valence-corrected chi connectivity index (χ4v) is 1.82. The maximum atomic E-state index is 10.9. The molecule has 1 unspecified atom stereocenters. The Morgan fingerprint density at radius 1 is 1.47 bits per heavy atom. The number of hydrogen-bond donors (Lipinski definition) is 1. The monoisotopic (exact) mass is 236 g/mol. The van der Waals surface area contributed by atoms with E-state index in [1.165, 1.54) is 0 Å². The Hall–Kier alpha value is -1.58. The lowest BCUT2D eigenvalue weighted by molar-refractivity contribution is -0.384. The predicted molar refractivity (Wildman–Crippen MR) is 70.4 cm³/mol. The highest BCUT2D eigenvalue weighted by atomic mass is 16.6. The molecular formula is C13H20N2O2. The molecule has 0 aliphatic rings. The molecule has 0 bridgehead atoms. The minimum Gasteiger partial charge on any atom is -0.379 e. The zero-order valence-electron chi connectivity index (χ0n) is 10.7. The van der Waals surface area contributed by atoms with Crippen LogP contribution in [0.2, 0.25) is 0 Å². The van der Waals surface area contributed by atoms with Crippen LogP contribution in [0.1, 0.15) is 32.3 Å². The van der Waals surface area contributed by atoms with Crippen LogP contribution in [0.25, 0.3) is 0 Å². The first-order valence-electron chi connectivity index (χ1n) is 6.03. The van der Waals surface area contributed by atoms with E-state index in [9.17, 15) is 10.1 Å². The van der Waals surface area contributed by atoms with Crippen LogP contribution < -0.4 is 5.32 Å². The van der Waals surface area contributed by atoms with Crippen molar-refractivity contribution < 1.29 is 4.92 Å². The highest BCUT2D eigenvalue weighted by Gasteiger charge is 2.13. The fourth-order valence-electron chi connectivity index (χ4n) is 1.82. The average molecular weight is 236 g/mol. The minimum atomic E-state index is -0.334. The summed E-state index contributed by atoms with van der Waals surface area (Å²) in [6, 6.07) is 5.28. The summed E-state index contributed by atoms with van der Waals surface area (Å²) >= 11 is 0. The largest absolute Gasteiger partial charge is 0.379 e. The molecule has 94 valence electrons. The zero-order valence-corrected chi connectivity index (χ0v) is 10.7. The van der Waals surface area contributed by atoms with E-state index in [0.717, 1.165) is 24.9 Å². The van der Waals surface area contributed by atoms with Gasteiger partial charge >= 0.3 is 0 Å². The number of nitro groups is 1. The molecule has 0 amide bonds. The number of aryl methyl sites for hydroxylation is 1. The highest BCUT2D eigenvalue weighted by molar-refractivity contribution is 5.62. The minimum absolute atomic E-state index is 0.161. The third-order valence-corrected chi connectivity index (χ3v) is 2.77. The lowest BCUT2D eigenvalue weighted by Crippen LogP contribution is -2.12. The summed E-state index contributed by atoms with van der Waals surface area (Å²) in [5.74, 6) is 0.529. The van der Waals surface area contributed by atoms with Gasteiger partial charge in [-0.15, -0.1) is 0 Å². The maximum absolute atomic E-state index is 10.9. The van der Waals surface area contributed by atoms with Crippen LogP contribution in [0.5, 0.6) is 0 Å². The van der Waals surface area contributed by atoms with Crippen molar-refractivity contribution in [3.05, 3.63) is 33.9 Å². The van der Waals surface area contributed by atoms with Gasteiger partial charge in [0.1, 0.15) is 5.69 Å². The van der Waals surface area contributed by atoms with Gasteiger partial charge in [-0.1, -0.05) is 26.3 Å². The summed E-state index contributed by atoms with van der Waals surface area (Å²) in [6.07, 6.45) is 2.27. The first-order chi connectivity index (χ1) is 8.04. The summed E-state index contributed by atoms with van der Waals surface area (Å²) in [5, 5.41) is 14.1. The molecule has 1 N–H and O–H groups in total. The van der Waals surface area contributed by atoms with Crippen LogP contribution in [0.3, 0.4) is 0 Å². The molecule has 0 heterocycles. The average Bonchev–Trinajstić information content (AvgIpc) is 2.27. The van der Waals surface area contributed by atoms with Crippen LogP contribution in [0.15, 0.2) is 18.2 Å². The van der Waals surface area contributed by atoms with E-state index in [2.05, 4.69) is 19.2 Å². The van der Waals surface area contributed by atoms with Crippen molar-refractivity contribution in [2.24, 2.45) is 5.92 Å². The zero-order chi connectivity index (χ0) is 12.8. The second-order valence-corrected chi connectivity index (χ2v) is 4.55. The summed E-state index contributed by atoms with van der Waals surface area (Å²) in [5.41, 5.74) is 1.68. The fraction of sp³-hybridized carbons (Fsp3) is 0.538. The maximum Gasteiger partial charge on any atom is 0.292 e. The number of anilines is 1. The van der Waals surface area contributed by atoms with Crippen LogP contribution in [-0.2, 0) is 0 Å². The lowest BCUT2D eigenvalue weighted by atomic mass is 10.1. The van der Waals surface area contributed by atoms with Crippen LogP contribution in [0.4, 0.5) is 11.4 Å². The standard InChI is InChI=1S/C13H20N2O2/c1-4-5-11(3)9-14-12-7-6-10(2)8-13(12)15(16)17/h6-8,11,14H,4-5,9H2,1-3H3. The first kappa shape index (κ1) is 13.5. The van der Waals surface area contributed by atoms with E-state index < -0.39 is 0 Å². The molecular weight excluding hydrogens is 216 g/mol. The summed E-state index contributed by atoms with van der Waals surface area (Å²) in [6.45, 7) is 6.93. The number of nitrogens with zero attached hydrogens (tertiary/aromatic N) is 1. The smallest absolute Gasteiger partial charge is 0.292 e.